The minimum atomic E-state index is -0.897. The van der Waals surface area contributed by atoms with Gasteiger partial charge in [0.15, 0.2) is 27.8 Å². The van der Waals surface area contributed by atoms with Crippen LogP contribution in [-0.2, 0) is 9.53 Å². The molecular weight excluding hydrogens is 568 g/mol. The lowest BCUT2D eigenvalue weighted by Crippen LogP contribution is -2.40. The zero-order chi connectivity index (χ0) is 29.9. The van der Waals surface area contributed by atoms with Gasteiger partial charge in [0.05, 0.1) is 36.1 Å². The molecule has 1 atom stereocenters. The van der Waals surface area contributed by atoms with Crippen molar-refractivity contribution < 1.29 is 28.5 Å². The van der Waals surface area contributed by atoms with Crippen molar-refractivity contribution in [2.75, 3.05) is 27.1 Å². The number of nitrogens with zero attached hydrogens (tertiary/aromatic N) is 2. The van der Waals surface area contributed by atoms with E-state index in [0.29, 0.717) is 50.2 Å². The molecule has 2 aliphatic rings. The topological polar surface area (TPSA) is 97.6 Å². The van der Waals surface area contributed by atoms with Gasteiger partial charge in [0.1, 0.15) is 6.04 Å². The predicted octanol–water partition coefficient (Wildman–Crippen LogP) is 4.46. The molecule has 43 heavy (non-hydrogen) atoms. The standard InChI is InChI=1S/C33H30N2O7S/c1-4-16-40-30-22(12-9-13-24(30)38-3)29-27(32(37)39-5-2)28(21-10-7-6-8-11-21)34-33-35(29)31(36)26(43-33)18-20-14-15-23-25(17-20)42-19-41-23/h6-15,17-18,29H,4-5,16,19H2,1-3H3. The number of benzene rings is 3. The average molecular weight is 599 g/mol. The summed E-state index contributed by atoms with van der Waals surface area (Å²) in [7, 11) is 1.56. The third kappa shape index (κ3) is 5.30. The van der Waals surface area contributed by atoms with Gasteiger partial charge in [-0.25, -0.2) is 9.79 Å². The van der Waals surface area contributed by atoms with Crippen molar-refractivity contribution in [3.8, 4) is 23.0 Å². The van der Waals surface area contributed by atoms with Crippen molar-refractivity contribution in [1.82, 2.24) is 4.57 Å². The number of esters is 1. The van der Waals surface area contributed by atoms with Gasteiger partial charge in [0.25, 0.3) is 5.56 Å². The predicted molar refractivity (Wildman–Crippen MR) is 162 cm³/mol. The molecule has 0 fully saturated rings. The Morgan fingerprint density at radius 1 is 1.07 bits per heavy atom. The number of thiazole rings is 1. The van der Waals surface area contributed by atoms with Gasteiger partial charge in [-0.15, -0.1) is 0 Å². The molecule has 10 heteroatoms. The summed E-state index contributed by atoms with van der Waals surface area (Å²) in [6, 6.07) is 19.5. The summed E-state index contributed by atoms with van der Waals surface area (Å²) in [4.78, 5) is 33.4. The Morgan fingerprint density at radius 3 is 2.65 bits per heavy atom. The molecule has 0 saturated carbocycles. The molecule has 9 nitrogen and oxygen atoms in total. The summed E-state index contributed by atoms with van der Waals surface area (Å²) in [6.45, 7) is 4.48. The monoisotopic (exact) mass is 598 g/mol. The molecule has 0 spiro atoms. The van der Waals surface area contributed by atoms with Crippen molar-refractivity contribution in [3.63, 3.8) is 0 Å². The first-order valence-corrected chi connectivity index (χ1v) is 14.8. The van der Waals surface area contributed by atoms with Crippen LogP contribution < -0.4 is 33.8 Å². The number of fused-ring (bicyclic) bond motifs is 2. The molecule has 0 radical (unpaired) electrons. The van der Waals surface area contributed by atoms with Gasteiger partial charge in [-0.2, -0.15) is 0 Å². The zero-order valence-electron chi connectivity index (χ0n) is 24.0. The Labute approximate surface area is 251 Å². The number of carbonyl (C=O) groups is 1. The lowest BCUT2D eigenvalue weighted by molar-refractivity contribution is -0.138. The third-order valence-electron chi connectivity index (χ3n) is 7.04. The molecule has 0 aliphatic carbocycles. The van der Waals surface area contributed by atoms with Crippen molar-refractivity contribution in [3.05, 3.63) is 109 Å². The maximum absolute atomic E-state index is 14.3. The largest absolute Gasteiger partial charge is 0.493 e. The number of rotatable bonds is 9. The van der Waals surface area contributed by atoms with Crippen LogP contribution in [0.5, 0.6) is 23.0 Å². The van der Waals surface area contributed by atoms with Crippen LogP contribution in [0.3, 0.4) is 0 Å². The summed E-state index contributed by atoms with van der Waals surface area (Å²) in [5, 5.41) is 0. The molecule has 1 unspecified atom stereocenters. The van der Waals surface area contributed by atoms with E-state index in [-0.39, 0.29) is 24.5 Å². The van der Waals surface area contributed by atoms with Crippen LogP contribution in [0.2, 0.25) is 0 Å². The number of hydrogen-bond donors (Lipinski definition) is 0. The molecule has 1 aromatic heterocycles. The van der Waals surface area contributed by atoms with Crippen molar-refractivity contribution >= 4 is 29.1 Å². The Balaban J connectivity index is 1.65. The normalized spacial score (nSPS) is 15.6. The number of carbonyl (C=O) groups excluding carboxylic acids is 1. The van der Waals surface area contributed by atoms with Gasteiger partial charge >= 0.3 is 5.97 Å². The number of methoxy groups -OCH3 is 1. The minimum absolute atomic E-state index is 0.156. The van der Waals surface area contributed by atoms with E-state index >= 15 is 0 Å². The molecule has 2 aliphatic heterocycles. The summed E-state index contributed by atoms with van der Waals surface area (Å²) in [5.41, 5.74) is 2.46. The molecular formula is C33H30N2O7S. The molecule has 0 bridgehead atoms. The molecule has 0 N–H and O–H groups in total. The molecule has 4 aromatic rings. The van der Waals surface area contributed by atoms with Crippen molar-refractivity contribution in [1.29, 1.82) is 0 Å². The second-order valence-electron chi connectivity index (χ2n) is 9.77. The lowest BCUT2D eigenvalue weighted by atomic mass is 9.92. The number of aromatic nitrogens is 1. The van der Waals surface area contributed by atoms with E-state index in [1.54, 1.807) is 30.7 Å². The number of para-hydroxylation sites is 1. The van der Waals surface area contributed by atoms with Gasteiger partial charge in [-0.05, 0) is 43.2 Å². The fourth-order valence-corrected chi connectivity index (χ4v) is 6.16. The summed E-state index contributed by atoms with van der Waals surface area (Å²) in [5.74, 6) is 1.66. The second-order valence-corrected chi connectivity index (χ2v) is 10.8. The van der Waals surface area contributed by atoms with Crippen LogP contribution in [0.15, 0.2) is 82.1 Å². The molecule has 3 aromatic carbocycles. The first-order chi connectivity index (χ1) is 21.0. The molecule has 0 saturated heterocycles. The average Bonchev–Trinajstić information content (AvgIpc) is 3.63. The summed E-state index contributed by atoms with van der Waals surface area (Å²) in [6.07, 6.45) is 2.55. The Bertz CT molecular complexity index is 1890. The first-order valence-electron chi connectivity index (χ1n) is 14.0. The quantitative estimate of drug-likeness (QED) is 0.263. The fourth-order valence-electron chi connectivity index (χ4n) is 5.16. The van der Waals surface area contributed by atoms with Crippen LogP contribution in [0.25, 0.3) is 11.8 Å². The van der Waals surface area contributed by atoms with Gasteiger partial charge < -0.3 is 23.7 Å². The Morgan fingerprint density at radius 2 is 1.88 bits per heavy atom. The maximum atomic E-state index is 14.3. The van der Waals surface area contributed by atoms with Crippen LogP contribution in [0, 0.1) is 0 Å². The smallest absolute Gasteiger partial charge is 0.338 e. The fraction of sp³-hybridized carbons (Fsp3) is 0.242. The summed E-state index contributed by atoms with van der Waals surface area (Å²) < 4.78 is 30.4. The highest BCUT2D eigenvalue weighted by atomic mass is 32.1. The van der Waals surface area contributed by atoms with Crippen LogP contribution in [0.1, 0.15) is 43.0 Å². The maximum Gasteiger partial charge on any atom is 0.338 e. The molecule has 0 amide bonds. The first kappa shape index (κ1) is 28.3. The van der Waals surface area contributed by atoms with Crippen molar-refractivity contribution in [2.45, 2.75) is 26.3 Å². The van der Waals surface area contributed by atoms with Crippen LogP contribution in [0.4, 0.5) is 0 Å². The number of hydrogen-bond acceptors (Lipinski definition) is 9. The molecule has 220 valence electrons. The van der Waals surface area contributed by atoms with E-state index in [1.165, 1.54) is 11.3 Å². The number of ether oxygens (including phenoxy) is 5. The highest BCUT2D eigenvalue weighted by Gasteiger charge is 2.37. The summed E-state index contributed by atoms with van der Waals surface area (Å²) >= 11 is 1.25. The molecule has 6 rings (SSSR count). The van der Waals surface area contributed by atoms with Gasteiger partial charge in [0.2, 0.25) is 6.79 Å². The molecule has 3 heterocycles. The van der Waals surface area contributed by atoms with Gasteiger partial charge in [0, 0.05) is 11.1 Å². The highest BCUT2D eigenvalue weighted by Crippen LogP contribution is 2.42. The Kier molecular flexibility index (Phi) is 8.02. The van der Waals surface area contributed by atoms with E-state index in [4.69, 9.17) is 28.7 Å². The highest BCUT2D eigenvalue weighted by molar-refractivity contribution is 7.07. The van der Waals surface area contributed by atoms with Crippen LogP contribution >= 0.6 is 11.3 Å². The van der Waals surface area contributed by atoms with Crippen molar-refractivity contribution in [2.24, 2.45) is 4.99 Å². The second kappa shape index (κ2) is 12.2. The van der Waals surface area contributed by atoms with Crippen LogP contribution in [-0.4, -0.2) is 37.7 Å². The third-order valence-corrected chi connectivity index (χ3v) is 8.03. The zero-order valence-corrected chi connectivity index (χ0v) is 24.8. The van der Waals surface area contributed by atoms with E-state index < -0.39 is 12.0 Å². The van der Waals surface area contributed by atoms with Gasteiger partial charge in [-0.3, -0.25) is 9.36 Å². The Hall–Kier alpha value is -4.83. The minimum Gasteiger partial charge on any atom is -0.493 e. The van der Waals surface area contributed by atoms with E-state index in [0.717, 1.165) is 17.5 Å². The SMILES string of the molecule is CCCOc1c(OC)cccc1C1C(C(=O)OCC)=C(c2ccccc2)N=c2sc(=Cc3ccc4c(c3)OCO4)c(=O)n21. The van der Waals surface area contributed by atoms with E-state index in [2.05, 4.69) is 0 Å². The van der Waals surface area contributed by atoms with E-state index in [1.807, 2.05) is 67.6 Å². The van der Waals surface area contributed by atoms with E-state index in [9.17, 15) is 9.59 Å². The van der Waals surface area contributed by atoms with Gasteiger partial charge in [-0.1, -0.05) is 66.8 Å². The lowest BCUT2D eigenvalue weighted by Gasteiger charge is -2.27.